The number of aromatic nitrogens is 14. The predicted octanol–water partition coefficient (Wildman–Crippen LogP) is 18.3. The van der Waals surface area contributed by atoms with Crippen LogP contribution in [0.25, 0.3) is 198 Å². The van der Waals surface area contributed by atoms with Gasteiger partial charge in [-0.1, -0.05) is 83.9 Å². The topological polar surface area (TPSA) is 309 Å². The summed E-state index contributed by atoms with van der Waals surface area (Å²) in [5.74, 6) is 5.62. The lowest BCUT2D eigenvalue weighted by Crippen LogP contribution is -2.31. The van der Waals surface area contributed by atoms with Crippen molar-refractivity contribution in [1.29, 1.82) is 0 Å². The van der Waals surface area contributed by atoms with Gasteiger partial charge in [-0.15, -0.1) is 0 Å². The fraction of sp³-hybridized carbons (Fsp3) is 0.0495. The predicted molar refractivity (Wildman–Crippen MR) is 493 cm³/mol. The first-order valence-electron chi connectivity index (χ1n) is 42.3. The van der Waals surface area contributed by atoms with Crippen LogP contribution in [0.15, 0.2) is 298 Å². The smallest absolute Gasteiger partial charge is 0.164 e. The van der Waals surface area contributed by atoms with Crippen LogP contribution in [0.2, 0.25) is 0 Å². The van der Waals surface area contributed by atoms with E-state index in [2.05, 4.69) is 95.8 Å². The Hall–Kier alpha value is -18.1. The molecular formula is C101H50N24O4. The molecule has 12 aromatic carbocycles. The van der Waals surface area contributed by atoms with Gasteiger partial charge in [0.25, 0.3) is 0 Å². The highest BCUT2D eigenvalue weighted by molar-refractivity contribution is 6.26. The zero-order valence-electron chi connectivity index (χ0n) is 67.4. The molecule has 12 aromatic heterocycles. The maximum Gasteiger partial charge on any atom is 0.164 e. The van der Waals surface area contributed by atoms with Gasteiger partial charge in [0.1, 0.15) is 132 Å². The third-order valence-corrected chi connectivity index (χ3v) is 26.6. The first-order chi connectivity index (χ1) is 63.5. The fourth-order valence-corrected chi connectivity index (χ4v) is 20.7. The molecule has 0 amide bonds. The Labute approximate surface area is 717 Å². The summed E-state index contributed by atoms with van der Waals surface area (Å²) in [5.41, 5.74) is 17.1. The lowest BCUT2D eigenvalue weighted by Gasteiger charge is -2.12. The summed E-state index contributed by atoms with van der Waals surface area (Å²) in [7, 11) is 0. The van der Waals surface area contributed by atoms with Crippen LogP contribution in [0.4, 0.5) is 34.9 Å². The zero-order chi connectivity index (χ0) is 83.5. The quantitative estimate of drug-likeness (QED) is 0.137. The molecule has 0 saturated carbocycles. The Balaban J connectivity index is 0.683. The molecule has 0 atom stereocenters. The minimum absolute atomic E-state index is 0.0962. The average Bonchev–Trinajstić information content (AvgIpc) is 1.57. The Morgan fingerprint density at radius 3 is 1.05 bits per heavy atom. The van der Waals surface area contributed by atoms with Crippen LogP contribution in [0.3, 0.4) is 0 Å². The molecule has 0 aliphatic carbocycles. The van der Waals surface area contributed by atoms with Crippen LogP contribution < -0.4 is 32.9 Å². The van der Waals surface area contributed by atoms with Crippen molar-refractivity contribution in [1.82, 2.24) is 67.3 Å². The summed E-state index contributed by atoms with van der Waals surface area (Å²) >= 11 is 0. The molecule has 0 N–H and O–H groups in total. The van der Waals surface area contributed by atoms with E-state index in [0.29, 0.717) is 213 Å². The van der Waals surface area contributed by atoms with Gasteiger partial charge < -0.3 is 17.7 Å². The van der Waals surface area contributed by atoms with Gasteiger partial charge in [0.15, 0.2) is 68.5 Å². The minimum atomic E-state index is 0.0962. The first kappa shape index (κ1) is 66.5. The Kier molecular flexibility index (Phi) is 12.0. The van der Waals surface area contributed by atoms with E-state index in [1.165, 1.54) is 0 Å². The molecule has 38 bridgehead atoms. The molecule has 20 heterocycles. The van der Waals surface area contributed by atoms with Crippen LogP contribution in [0, 0.1) is 13.8 Å². The number of aliphatic imine (C=N–C) groups is 4. The molecule has 28 nitrogen and oxygen atoms in total. The Bertz CT molecular complexity index is 10700. The summed E-state index contributed by atoms with van der Waals surface area (Å²) < 4.78 is 41.5. The Morgan fingerprint density at radius 2 is 0.535 bits per heavy atom. The molecule has 0 saturated heterocycles. The maximum atomic E-state index is 7.21. The van der Waals surface area contributed by atoms with Crippen molar-refractivity contribution in [2.24, 2.45) is 49.9 Å². The molecule has 0 spiro atoms. The highest BCUT2D eigenvalue weighted by Crippen LogP contribution is 2.45. The number of fused-ring (bicyclic) bond motifs is 34. The van der Waals surface area contributed by atoms with Crippen molar-refractivity contribution in [2.75, 3.05) is 0 Å². The van der Waals surface area contributed by atoms with Crippen molar-refractivity contribution < 1.29 is 17.7 Å². The molecule has 8 aliphatic heterocycles. The highest BCUT2D eigenvalue weighted by atomic mass is 16.3. The monoisotopic (exact) mass is 1660 g/mol. The summed E-state index contributed by atoms with van der Waals surface area (Å²) in [6, 6.07) is 77.0. The van der Waals surface area contributed by atoms with Gasteiger partial charge in [-0.05, 0) is 172 Å². The van der Waals surface area contributed by atoms with Crippen LogP contribution in [-0.2, 0) is 20.0 Å². The molecule has 0 unspecified atom stereocenters. The number of amidine groups is 4. The van der Waals surface area contributed by atoms with Crippen molar-refractivity contribution in [3.63, 3.8) is 0 Å². The molecule has 32 rings (SSSR count). The van der Waals surface area contributed by atoms with Gasteiger partial charge in [0.2, 0.25) is 0 Å². The van der Waals surface area contributed by atoms with Gasteiger partial charge in [-0.3, -0.25) is 27.4 Å². The normalized spacial score (nSPS) is 16.8. The average molecular weight is 1660 g/mol. The van der Waals surface area contributed by atoms with E-state index < -0.39 is 0 Å². The number of hydrogen-bond acceptors (Lipinski definition) is 22. The summed E-state index contributed by atoms with van der Waals surface area (Å²) in [6.07, 6.45) is 0. The van der Waals surface area contributed by atoms with Crippen LogP contribution in [0.5, 0.6) is 0 Å². The fourth-order valence-electron chi connectivity index (χ4n) is 20.7. The minimum Gasteiger partial charge on any atom is -0.457 e. The van der Waals surface area contributed by atoms with E-state index in [0.717, 1.165) is 109 Å². The molecular weight excluding hydrogens is 1610 g/mol. The number of rotatable bonds is 0. The van der Waals surface area contributed by atoms with Gasteiger partial charge >= 0.3 is 0 Å². The van der Waals surface area contributed by atoms with Gasteiger partial charge in [-0.25, -0.2) is 89.8 Å². The van der Waals surface area contributed by atoms with E-state index in [1.807, 2.05) is 176 Å². The number of nitrogens with zero attached hydrogens (tertiary/aromatic N) is 24. The highest BCUT2D eigenvalue weighted by Gasteiger charge is 2.33. The summed E-state index contributed by atoms with van der Waals surface area (Å²) in [6.45, 7) is 4.72. The van der Waals surface area contributed by atoms with Gasteiger partial charge in [0, 0.05) is 130 Å². The Morgan fingerprint density at radius 1 is 0.209 bits per heavy atom. The molecule has 129 heavy (non-hydrogen) atoms. The van der Waals surface area contributed by atoms with Gasteiger partial charge in [0.05, 0.1) is 0 Å². The molecule has 598 valence electrons. The molecule has 28 heteroatoms. The number of aryl methyl sites for hydroxylation is 2. The molecule has 8 aliphatic rings. The lowest BCUT2D eigenvalue weighted by molar-refractivity contribution is 0.589. The van der Waals surface area contributed by atoms with E-state index >= 15 is 0 Å². The van der Waals surface area contributed by atoms with Crippen LogP contribution in [0.1, 0.15) is 33.4 Å². The van der Waals surface area contributed by atoms with E-state index in [9.17, 15) is 0 Å². The zero-order valence-corrected chi connectivity index (χ0v) is 67.4. The number of benzene rings is 12. The van der Waals surface area contributed by atoms with E-state index in [1.54, 1.807) is 0 Å². The second-order valence-electron chi connectivity index (χ2n) is 34.0. The molecule has 0 radical (unpaired) electrons. The third kappa shape index (κ3) is 8.96. The van der Waals surface area contributed by atoms with Crippen LogP contribution in [-0.4, -0.2) is 90.6 Å². The largest absolute Gasteiger partial charge is 0.457 e. The van der Waals surface area contributed by atoms with Crippen molar-refractivity contribution in [3.8, 4) is 0 Å². The lowest BCUT2D eigenvalue weighted by atomic mass is 10.1. The maximum absolute atomic E-state index is 7.21. The second kappa shape index (κ2) is 23.2. The third-order valence-electron chi connectivity index (χ3n) is 26.6. The SMILES string of the molecule is Cc1ccc2c(c1)C1=NC/2=N\c2c3ccc4cc3c3nc5nc(c6ccc(cc56)oc5ccc6/c7n8c(nc9n/c(c%10ccc(cc9%10)o4)=N\c4c9ccc%10cc9c(nc9nc(c%11ccc(cc9%11)oc9ccc%11/c%12n%13c(nc%14n/c(c%15ccc(cc%14%15)o%10)=N\c%10c%14ccccc%14c(n%10C%13)/N=C%10N=C(/N=%12)c%12ccccc%12\%10)c%11c9)/N=7)n4C8)c6c5)/N=c4/c5ccc(C)cc5/c(n4Cn23)=N/1. The molecule has 24 aromatic rings. The van der Waals surface area contributed by atoms with Crippen LogP contribution >= 0.6 is 0 Å². The molecule has 0 fully saturated rings. The first-order valence-corrected chi connectivity index (χ1v) is 42.3. The van der Waals surface area contributed by atoms with E-state index in [4.69, 9.17) is 107 Å². The van der Waals surface area contributed by atoms with Crippen molar-refractivity contribution in [3.05, 3.63) is 297 Å². The summed E-state index contributed by atoms with van der Waals surface area (Å²) in [4.78, 5) is 99.7. The van der Waals surface area contributed by atoms with Crippen molar-refractivity contribution >= 4 is 256 Å². The standard InChI is InChI=1S/C101H50N24O4/c1-44-11-21-56-68(31-44)85-103-80(56)111-94-65-28-18-51-38-75(65)99-117-87-70-34-47(14-24-58(70)82(105-87)112-92-63-22-12-45(2)32-73(63)97(115-85)121(92)42-123(94)99)128-53-20-30-67-77(40-53)101-119-89-72-36-49(129-51)16-26-60(72)84(107-89)114-95-66-29-19-52-39-76(66)100-118-88-71-35-48(15-25-59(71)83(106-88)113-96(67)125(101)43-124(95)100)127-50-17-27-64-74(37-50)98-116-86-69-33-46(126-52)13-23-57(69)81(104-86)110-91-62-10-6-5-9-61(62)90-108-78-54-7-3-4-8-55(54)79(102-78)109-93(64)122(98)41-120(90)91/h3-40H,41-43H2,1-2H3/b108-78-,108-90?,109-79?,109-93+,110-81-,110-91?,111-80-,111-94?,112-82?,112-92-,113-83?,113-96+,114-84-,114-95?,115-85?,115-97-,116-86?,116-98?,117-87?,117-99?,118-88?,118-100?,119-89?,119-101?. The summed E-state index contributed by atoms with van der Waals surface area (Å²) in [5, 5.41) is 15.4. The number of hydrogen-bond donors (Lipinski definition) is 0. The van der Waals surface area contributed by atoms with E-state index in [-0.39, 0.29) is 20.0 Å². The van der Waals surface area contributed by atoms with Gasteiger partial charge in [-0.2, -0.15) is 0 Å². The second-order valence-corrected chi connectivity index (χ2v) is 34.0. The van der Waals surface area contributed by atoms with Crippen molar-refractivity contribution in [2.45, 2.75) is 33.9 Å².